The van der Waals surface area contributed by atoms with Gasteiger partial charge in [0.15, 0.2) is 0 Å². The zero-order valence-electron chi connectivity index (χ0n) is 11.9. The highest BCUT2D eigenvalue weighted by molar-refractivity contribution is 5.92. The van der Waals surface area contributed by atoms with Gasteiger partial charge in [0.05, 0.1) is 0 Å². The summed E-state index contributed by atoms with van der Waals surface area (Å²) in [5.74, 6) is -0.376. The molecule has 0 aliphatic carbocycles. The molecule has 1 fully saturated rings. The van der Waals surface area contributed by atoms with Gasteiger partial charge in [0.25, 0.3) is 5.91 Å². The minimum absolute atomic E-state index is 0.0666. The molecule has 1 amide bonds. The van der Waals surface area contributed by atoms with E-state index in [4.69, 9.17) is 5.11 Å². The van der Waals surface area contributed by atoms with Crippen molar-refractivity contribution in [2.75, 3.05) is 13.1 Å². The van der Waals surface area contributed by atoms with E-state index in [9.17, 15) is 9.59 Å². The van der Waals surface area contributed by atoms with E-state index >= 15 is 0 Å². The van der Waals surface area contributed by atoms with Gasteiger partial charge < -0.3 is 14.6 Å². The SMILES string of the molecule is CCn1cccc1C(=O)N1CCCC(CCC(=O)O)C1. The first kappa shape index (κ1) is 14.6. The molecule has 1 aliphatic rings. The van der Waals surface area contributed by atoms with Crippen molar-refractivity contribution in [3.8, 4) is 0 Å². The summed E-state index contributed by atoms with van der Waals surface area (Å²) < 4.78 is 1.95. The molecular formula is C15H22N2O3. The van der Waals surface area contributed by atoms with Gasteiger partial charge in [0.1, 0.15) is 5.69 Å². The van der Waals surface area contributed by atoms with E-state index < -0.39 is 5.97 Å². The van der Waals surface area contributed by atoms with Crippen LogP contribution in [0.3, 0.4) is 0 Å². The Morgan fingerprint density at radius 3 is 2.95 bits per heavy atom. The minimum Gasteiger partial charge on any atom is -0.481 e. The molecule has 1 unspecified atom stereocenters. The van der Waals surface area contributed by atoms with Crippen molar-refractivity contribution in [1.82, 2.24) is 9.47 Å². The van der Waals surface area contributed by atoms with Gasteiger partial charge >= 0.3 is 5.97 Å². The summed E-state index contributed by atoms with van der Waals surface area (Å²) in [7, 11) is 0. The molecule has 1 N–H and O–H groups in total. The van der Waals surface area contributed by atoms with Crippen LogP contribution in [-0.4, -0.2) is 39.5 Å². The zero-order valence-corrected chi connectivity index (χ0v) is 11.9. The van der Waals surface area contributed by atoms with Crippen LogP contribution >= 0.6 is 0 Å². The smallest absolute Gasteiger partial charge is 0.303 e. The number of carboxylic acid groups (broad SMARTS) is 1. The molecule has 1 aliphatic heterocycles. The third kappa shape index (κ3) is 3.40. The summed E-state index contributed by atoms with van der Waals surface area (Å²) in [6.07, 6.45) is 4.75. The van der Waals surface area contributed by atoms with Crippen molar-refractivity contribution in [3.05, 3.63) is 24.0 Å². The molecule has 1 aromatic rings. The van der Waals surface area contributed by atoms with Gasteiger partial charge in [-0.15, -0.1) is 0 Å². The average molecular weight is 278 g/mol. The molecule has 0 saturated carbocycles. The summed E-state index contributed by atoms with van der Waals surface area (Å²) >= 11 is 0. The lowest BCUT2D eigenvalue weighted by molar-refractivity contribution is -0.137. The molecule has 0 aromatic carbocycles. The number of aromatic nitrogens is 1. The largest absolute Gasteiger partial charge is 0.481 e. The fraction of sp³-hybridized carbons (Fsp3) is 0.600. The summed E-state index contributed by atoms with van der Waals surface area (Å²) in [5, 5.41) is 8.75. The quantitative estimate of drug-likeness (QED) is 0.898. The van der Waals surface area contributed by atoms with Crippen LogP contribution in [0.25, 0.3) is 0 Å². The third-order valence-electron chi connectivity index (χ3n) is 3.96. The van der Waals surface area contributed by atoms with Gasteiger partial charge in [-0.3, -0.25) is 9.59 Å². The number of carboxylic acids is 1. The Balaban J connectivity index is 1.98. The van der Waals surface area contributed by atoms with Crippen LogP contribution in [0.15, 0.2) is 18.3 Å². The molecule has 2 rings (SSSR count). The van der Waals surface area contributed by atoms with E-state index in [1.165, 1.54) is 0 Å². The second-order valence-corrected chi connectivity index (χ2v) is 5.37. The number of carbonyl (C=O) groups excluding carboxylic acids is 1. The van der Waals surface area contributed by atoms with E-state index in [0.717, 1.165) is 31.6 Å². The summed E-state index contributed by atoms with van der Waals surface area (Å²) in [5.41, 5.74) is 0.728. The van der Waals surface area contributed by atoms with Crippen molar-refractivity contribution in [2.24, 2.45) is 5.92 Å². The van der Waals surface area contributed by atoms with Crippen molar-refractivity contribution < 1.29 is 14.7 Å². The average Bonchev–Trinajstić information content (AvgIpc) is 2.93. The monoisotopic (exact) mass is 278 g/mol. The summed E-state index contributed by atoms with van der Waals surface area (Å²) in [6.45, 7) is 4.26. The Morgan fingerprint density at radius 1 is 1.45 bits per heavy atom. The standard InChI is InChI=1S/C15H22N2O3/c1-2-16-9-4-6-13(16)15(20)17-10-3-5-12(11-17)7-8-14(18)19/h4,6,9,12H,2-3,5,7-8,10-11H2,1H3,(H,18,19). The van der Waals surface area contributed by atoms with Gasteiger partial charge in [-0.05, 0) is 44.2 Å². The lowest BCUT2D eigenvalue weighted by atomic mass is 9.93. The second kappa shape index (κ2) is 6.59. The van der Waals surface area contributed by atoms with Crippen LogP contribution in [0.4, 0.5) is 0 Å². The predicted molar refractivity (Wildman–Crippen MR) is 75.6 cm³/mol. The maximum absolute atomic E-state index is 12.5. The number of hydrogen-bond acceptors (Lipinski definition) is 2. The number of nitrogens with zero attached hydrogens (tertiary/aromatic N) is 2. The van der Waals surface area contributed by atoms with Crippen molar-refractivity contribution in [3.63, 3.8) is 0 Å². The van der Waals surface area contributed by atoms with Gasteiger partial charge in [-0.25, -0.2) is 0 Å². The van der Waals surface area contributed by atoms with Gasteiger partial charge in [-0.1, -0.05) is 0 Å². The maximum atomic E-state index is 12.5. The van der Waals surface area contributed by atoms with E-state index in [-0.39, 0.29) is 12.3 Å². The molecule has 2 heterocycles. The van der Waals surface area contributed by atoms with Crippen LogP contribution in [0.5, 0.6) is 0 Å². The van der Waals surface area contributed by atoms with Crippen LogP contribution in [0.1, 0.15) is 43.1 Å². The summed E-state index contributed by atoms with van der Waals surface area (Å²) in [6, 6.07) is 3.75. The van der Waals surface area contributed by atoms with Crippen molar-refractivity contribution >= 4 is 11.9 Å². The first-order valence-corrected chi connectivity index (χ1v) is 7.28. The Morgan fingerprint density at radius 2 is 2.25 bits per heavy atom. The van der Waals surface area contributed by atoms with Crippen LogP contribution in [0.2, 0.25) is 0 Å². The molecule has 0 spiro atoms. The second-order valence-electron chi connectivity index (χ2n) is 5.37. The van der Waals surface area contributed by atoms with Crippen LogP contribution in [-0.2, 0) is 11.3 Å². The fourth-order valence-electron chi connectivity index (χ4n) is 2.86. The molecule has 0 radical (unpaired) electrons. The molecule has 1 saturated heterocycles. The third-order valence-corrected chi connectivity index (χ3v) is 3.96. The zero-order chi connectivity index (χ0) is 14.5. The van der Waals surface area contributed by atoms with Gasteiger partial charge in [0, 0.05) is 32.3 Å². The number of piperidine rings is 1. The molecule has 1 aromatic heterocycles. The number of likely N-dealkylation sites (tertiary alicyclic amines) is 1. The van der Waals surface area contributed by atoms with Crippen LogP contribution < -0.4 is 0 Å². The number of amides is 1. The topological polar surface area (TPSA) is 62.5 Å². The predicted octanol–water partition coefficient (Wildman–Crippen LogP) is 2.23. The van der Waals surface area contributed by atoms with E-state index in [1.807, 2.05) is 34.7 Å². The fourth-order valence-corrected chi connectivity index (χ4v) is 2.86. The van der Waals surface area contributed by atoms with Crippen molar-refractivity contribution in [2.45, 2.75) is 39.2 Å². The van der Waals surface area contributed by atoms with E-state index in [1.54, 1.807) is 0 Å². The van der Waals surface area contributed by atoms with Crippen LogP contribution in [0, 0.1) is 5.92 Å². The first-order chi connectivity index (χ1) is 9.61. The van der Waals surface area contributed by atoms with Gasteiger partial charge in [0.2, 0.25) is 0 Å². The highest BCUT2D eigenvalue weighted by atomic mass is 16.4. The Labute approximate surface area is 119 Å². The van der Waals surface area contributed by atoms with Gasteiger partial charge in [-0.2, -0.15) is 0 Å². The molecule has 5 nitrogen and oxygen atoms in total. The minimum atomic E-state index is -0.756. The molecule has 20 heavy (non-hydrogen) atoms. The number of aryl methyl sites for hydroxylation is 1. The van der Waals surface area contributed by atoms with E-state index in [2.05, 4.69) is 0 Å². The normalized spacial score (nSPS) is 19.1. The molecule has 0 bridgehead atoms. The first-order valence-electron chi connectivity index (χ1n) is 7.28. The molecule has 110 valence electrons. The lowest BCUT2D eigenvalue weighted by Crippen LogP contribution is -2.40. The molecule has 5 heteroatoms. The number of rotatable bonds is 5. The number of hydrogen-bond donors (Lipinski definition) is 1. The Bertz CT molecular complexity index is 481. The highest BCUT2D eigenvalue weighted by Crippen LogP contribution is 2.22. The number of carbonyl (C=O) groups is 2. The maximum Gasteiger partial charge on any atom is 0.303 e. The van der Waals surface area contributed by atoms with Crippen molar-refractivity contribution in [1.29, 1.82) is 0 Å². The Kier molecular flexibility index (Phi) is 4.82. The molecule has 1 atom stereocenters. The highest BCUT2D eigenvalue weighted by Gasteiger charge is 2.25. The van der Waals surface area contributed by atoms with E-state index in [0.29, 0.717) is 18.9 Å². The lowest BCUT2D eigenvalue weighted by Gasteiger charge is -2.32. The molecular weight excluding hydrogens is 256 g/mol. The number of aliphatic carboxylic acids is 1. The Hall–Kier alpha value is -1.78. The summed E-state index contributed by atoms with van der Waals surface area (Å²) in [4.78, 5) is 25.0.